The van der Waals surface area contributed by atoms with Gasteiger partial charge in [0.2, 0.25) is 12.5 Å². The molecule has 0 atom stereocenters. The highest BCUT2D eigenvalue weighted by Crippen LogP contribution is 2.36. The SMILES string of the molecule is C[n+]1ccc2cc3c(cc2c1/C=C/c1ccc(F)cc1)OCO3. The van der Waals surface area contributed by atoms with Crippen LogP contribution in [-0.4, -0.2) is 6.79 Å². The quantitative estimate of drug-likeness (QED) is 0.674. The first-order valence-electron chi connectivity index (χ1n) is 7.36. The Morgan fingerprint density at radius 3 is 2.52 bits per heavy atom. The van der Waals surface area contributed by atoms with Crippen molar-refractivity contribution in [3.05, 3.63) is 65.7 Å². The summed E-state index contributed by atoms with van der Waals surface area (Å²) in [5.41, 5.74) is 1.99. The monoisotopic (exact) mass is 308 g/mol. The molecule has 0 radical (unpaired) electrons. The topological polar surface area (TPSA) is 22.3 Å². The summed E-state index contributed by atoms with van der Waals surface area (Å²) < 4.78 is 26.0. The molecular weight excluding hydrogens is 293 g/mol. The Labute approximate surface area is 133 Å². The number of pyridine rings is 1. The van der Waals surface area contributed by atoms with Gasteiger partial charge in [-0.2, -0.15) is 0 Å². The van der Waals surface area contributed by atoms with E-state index in [-0.39, 0.29) is 12.6 Å². The average molecular weight is 308 g/mol. The molecule has 0 saturated heterocycles. The van der Waals surface area contributed by atoms with Gasteiger partial charge in [-0.15, -0.1) is 0 Å². The minimum Gasteiger partial charge on any atom is -0.454 e. The summed E-state index contributed by atoms with van der Waals surface area (Å²) in [5.74, 6) is 1.31. The molecule has 0 spiro atoms. The predicted molar refractivity (Wildman–Crippen MR) is 86.6 cm³/mol. The normalized spacial score (nSPS) is 13.1. The second kappa shape index (κ2) is 5.39. The number of nitrogens with zero attached hydrogens (tertiary/aromatic N) is 1. The van der Waals surface area contributed by atoms with Crippen LogP contribution in [0.5, 0.6) is 11.5 Å². The molecule has 0 fully saturated rings. The van der Waals surface area contributed by atoms with Crippen molar-refractivity contribution in [2.45, 2.75) is 0 Å². The standard InChI is InChI=1S/C19H15FNO2/c1-21-9-8-14-10-18-19(23-12-22-18)11-16(14)17(21)7-4-13-2-5-15(20)6-3-13/h2-11H,12H2,1H3/q+1/b7-4+. The van der Waals surface area contributed by atoms with Crippen molar-refractivity contribution in [1.29, 1.82) is 0 Å². The third-order valence-electron chi connectivity index (χ3n) is 3.98. The van der Waals surface area contributed by atoms with E-state index < -0.39 is 0 Å². The summed E-state index contributed by atoms with van der Waals surface area (Å²) in [6, 6.07) is 12.5. The van der Waals surface area contributed by atoms with Crippen molar-refractivity contribution in [2.24, 2.45) is 7.05 Å². The zero-order chi connectivity index (χ0) is 15.8. The molecule has 0 saturated carbocycles. The van der Waals surface area contributed by atoms with Gasteiger partial charge in [0.15, 0.2) is 17.7 Å². The summed E-state index contributed by atoms with van der Waals surface area (Å²) in [4.78, 5) is 0. The molecule has 0 amide bonds. The minimum atomic E-state index is -0.231. The van der Waals surface area contributed by atoms with Gasteiger partial charge in [-0.1, -0.05) is 12.1 Å². The summed E-state index contributed by atoms with van der Waals surface area (Å²) in [5, 5.41) is 2.17. The Bertz CT molecular complexity index is 917. The first-order chi connectivity index (χ1) is 11.2. The van der Waals surface area contributed by atoms with Crippen LogP contribution in [0.2, 0.25) is 0 Å². The molecule has 0 bridgehead atoms. The third kappa shape index (κ3) is 2.52. The maximum absolute atomic E-state index is 13.0. The van der Waals surface area contributed by atoms with Crippen molar-refractivity contribution in [3.63, 3.8) is 0 Å². The van der Waals surface area contributed by atoms with Crippen LogP contribution >= 0.6 is 0 Å². The van der Waals surface area contributed by atoms with E-state index >= 15 is 0 Å². The van der Waals surface area contributed by atoms with E-state index in [0.717, 1.165) is 33.5 Å². The second-order valence-corrected chi connectivity index (χ2v) is 5.49. The van der Waals surface area contributed by atoms with Gasteiger partial charge in [-0.25, -0.2) is 8.96 Å². The Kier molecular flexibility index (Phi) is 3.23. The lowest BCUT2D eigenvalue weighted by atomic mass is 10.1. The zero-order valence-corrected chi connectivity index (χ0v) is 12.6. The molecule has 1 aromatic heterocycles. The van der Waals surface area contributed by atoms with Crippen molar-refractivity contribution in [1.82, 2.24) is 0 Å². The van der Waals surface area contributed by atoms with Crippen LogP contribution < -0.4 is 14.0 Å². The van der Waals surface area contributed by atoms with Crippen LogP contribution in [0.25, 0.3) is 22.9 Å². The maximum Gasteiger partial charge on any atom is 0.231 e. The van der Waals surface area contributed by atoms with Gasteiger partial charge in [0.05, 0.1) is 5.39 Å². The highest BCUT2D eigenvalue weighted by molar-refractivity contribution is 5.92. The largest absolute Gasteiger partial charge is 0.454 e. The van der Waals surface area contributed by atoms with Gasteiger partial charge in [-0.3, -0.25) is 0 Å². The number of benzene rings is 2. The highest BCUT2D eigenvalue weighted by Gasteiger charge is 2.18. The van der Waals surface area contributed by atoms with Crippen molar-refractivity contribution in [3.8, 4) is 11.5 Å². The van der Waals surface area contributed by atoms with Gasteiger partial charge >= 0.3 is 0 Å². The summed E-state index contributed by atoms with van der Waals surface area (Å²) in [6.45, 7) is 0.262. The van der Waals surface area contributed by atoms with E-state index in [9.17, 15) is 4.39 Å². The van der Waals surface area contributed by atoms with Crippen LogP contribution in [0.3, 0.4) is 0 Å². The molecule has 114 valence electrons. The minimum absolute atomic E-state index is 0.231. The number of ether oxygens (including phenoxy) is 2. The molecule has 0 aliphatic carbocycles. The zero-order valence-electron chi connectivity index (χ0n) is 12.6. The second-order valence-electron chi connectivity index (χ2n) is 5.49. The van der Waals surface area contributed by atoms with Crippen LogP contribution in [0.1, 0.15) is 11.3 Å². The van der Waals surface area contributed by atoms with Gasteiger partial charge < -0.3 is 9.47 Å². The Balaban J connectivity index is 1.82. The van der Waals surface area contributed by atoms with Crippen molar-refractivity contribution >= 4 is 22.9 Å². The van der Waals surface area contributed by atoms with Crippen LogP contribution in [0.15, 0.2) is 48.7 Å². The van der Waals surface area contributed by atoms with E-state index in [2.05, 4.69) is 0 Å². The molecule has 4 heteroatoms. The molecular formula is C19H15FNO2+. The van der Waals surface area contributed by atoms with Crippen LogP contribution in [0, 0.1) is 5.82 Å². The Morgan fingerprint density at radius 2 is 1.74 bits per heavy atom. The number of hydrogen-bond donors (Lipinski definition) is 0. The number of aromatic nitrogens is 1. The fraction of sp³-hybridized carbons (Fsp3) is 0.105. The molecule has 3 aromatic rings. The van der Waals surface area contributed by atoms with Crippen molar-refractivity contribution < 1.29 is 18.4 Å². The molecule has 0 unspecified atom stereocenters. The maximum atomic E-state index is 13.0. The lowest BCUT2D eigenvalue weighted by Crippen LogP contribution is -2.31. The number of aryl methyl sites for hydroxylation is 1. The van der Waals surface area contributed by atoms with E-state index in [4.69, 9.17) is 9.47 Å². The predicted octanol–water partition coefficient (Wildman–Crippen LogP) is 3.70. The molecule has 0 N–H and O–H groups in total. The number of rotatable bonds is 2. The van der Waals surface area contributed by atoms with Crippen molar-refractivity contribution in [2.75, 3.05) is 6.79 Å². The lowest BCUT2D eigenvalue weighted by molar-refractivity contribution is -0.671. The molecule has 1 aliphatic heterocycles. The molecule has 23 heavy (non-hydrogen) atoms. The number of hydrogen-bond acceptors (Lipinski definition) is 2. The molecule has 3 nitrogen and oxygen atoms in total. The summed E-state index contributed by atoms with van der Waals surface area (Å²) in [6.07, 6.45) is 6.01. The molecule has 2 aromatic carbocycles. The van der Waals surface area contributed by atoms with Crippen LogP contribution in [-0.2, 0) is 7.05 Å². The number of fused-ring (bicyclic) bond motifs is 2. The van der Waals surface area contributed by atoms with E-state index in [1.54, 1.807) is 12.1 Å². The first kappa shape index (κ1) is 13.8. The molecule has 2 heterocycles. The average Bonchev–Trinajstić information content (AvgIpc) is 3.01. The Hall–Kier alpha value is -2.88. The van der Waals surface area contributed by atoms with E-state index in [1.807, 2.05) is 48.2 Å². The summed E-state index contributed by atoms with van der Waals surface area (Å²) in [7, 11) is 1.99. The fourth-order valence-electron chi connectivity index (χ4n) is 2.74. The first-order valence-corrected chi connectivity index (χ1v) is 7.36. The summed E-state index contributed by atoms with van der Waals surface area (Å²) >= 11 is 0. The molecule has 1 aliphatic rings. The van der Waals surface area contributed by atoms with Gasteiger partial charge in [0, 0.05) is 12.1 Å². The Morgan fingerprint density at radius 1 is 1.00 bits per heavy atom. The van der Waals surface area contributed by atoms with Crippen LogP contribution in [0.4, 0.5) is 4.39 Å². The van der Waals surface area contributed by atoms with Gasteiger partial charge in [0.1, 0.15) is 12.9 Å². The van der Waals surface area contributed by atoms with Gasteiger partial charge in [-0.05, 0) is 41.3 Å². The number of halogens is 1. The molecule has 4 rings (SSSR count). The lowest BCUT2D eigenvalue weighted by Gasteiger charge is -2.03. The van der Waals surface area contributed by atoms with Gasteiger partial charge in [0.25, 0.3) is 0 Å². The fourth-order valence-corrected chi connectivity index (χ4v) is 2.74. The van der Waals surface area contributed by atoms with E-state index in [1.165, 1.54) is 12.1 Å². The highest BCUT2D eigenvalue weighted by atomic mass is 19.1. The smallest absolute Gasteiger partial charge is 0.231 e. The van der Waals surface area contributed by atoms with E-state index in [0.29, 0.717) is 0 Å². The third-order valence-corrected chi connectivity index (χ3v) is 3.98.